The lowest BCUT2D eigenvalue weighted by atomic mass is 9.88. The van der Waals surface area contributed by atoms with E-state index in [1.54, 1.807) is 0 Å². The lowest BCUT2D eigenvalue weighted by Gasteiger charge is -2.33. The number of alkyl halides is 6. The minimum atomic E-state index is -6.07. The van der Waals surface area contributed by atoms with E-state index in [-0.39, 0.29) is 28.8 Å². The molecule has 13 heteroatoms. The monoisotopic (exact) mass is 484 g/mol. The van der Waals surface area contributed by atoms with Crippen LogP contribution in [0.1, 0.15) is 34.0 Å². The zero-order valence-corrected chi connectivity index (χ0v) is 17.1. The number of carbonyl (C=O) groups is 1. The van der Waals surface area contributed by atoms with Gasteiger partial charge >= 0.3 is 12.4 Å². The number of hydrogen-bond donors (Lipinski definition) is 2. The minimum Gasteiger partial charge on any atom is -0.369 e. The molecule has 0 atom stereocenters. The lowest BCUT2D eigenvalue weighted by molar-refractivity contribution is -0.384. The Morgan fingerprint density at radius 1 is 1.16 bits per heavy atom. The first-order valence-electron chi connectivity index (χ1n) is 8.80. The topological polar surface area (TPSA) is 92.5 Å². The van der Waals surface area contributed by atoms with Crippen molar-refractivity contribution in [2.24, 2.45) is 0 Å². The first kappa shape index (κ1) is 25.4. The Labute approximate surface area is 181 Å². The number of carbonyl (C=O) groups excluding carboxylic acids is 1. The number of nitro groups is 1. The van der Waals surface area contributed by atoms with E-state index in [0.717, 1.165) is 19.1 Å². The molecule has 0 aliphatic heterocycles. The van der Waals surface area contributed by atoms with Gasteiger partial charge in [0.2, 0.25) is 0 Å². The molecule has 0 heterocycles. The average Bonchev–Trinajstić information content (AvgIpc) is 2.66. The van der Waals surface area contributed by atoms with Crippen LogP contribution in [0.15, 0.2) is 30.3 Å². The summed E-state index contributed by atoms with van der Waals surface area (Å²) in [5, 5.41) is 22.5. The number of nitrogens with zero attached hydrogens (tertiary/aromatic N) is 1. The number of hydrogen-bond acceptors (Lipinski definition) is 4. The van der Waals surface area contributed by atoms with Gasteiger partial charge in [0.05, 0.1) is 10.5 Å². The number of anilines is 1. The summed E-state index contributed by atoms with van der Waals surface area (Å²) in [6.45, 7) is 2.55. The summed E-state index contributed by atoms with van der Waals surface area (Å²) in [5.74, 6) is -0.967. The van der Waals surface area contributed by atoms with Crippen LogP contribution >= 0.6 is 11.6 Å². The Balaban J connectivity index is 2.59. The van der Waals surface area contributed by atoms with Gasteiger partial charge in [0, 0.05) is 17.3 Å². The summed E-state index contributed by atoms with van der Waals surface area (Å²) < 4.78 is 79.3. The second-order valence-corrected chi connectivity index (χ2v) is 7.11. The predicted molar refractivity (Wildman–Crippen MR) is 103 cm³/mol. The highest BCUT2D eigenvalue weighted by Gasteiger charge is 2.71. The third-order valence-corrected chi connectivity index (χ3v) is 5.09. The van der Waals surface area contributed by atoms with Crippen LogP contribution in [0, 0.1) is 17.0 Å². The quantitative estimate of drug-likeness (QED) is 0.324. The van der Waals surface area contributed by atoms with E-state index in [1.807, 2.05) is 0 Å². The molecule has 2 rings (SSSR count). The average molecular weight is 485 g/mol. The van der Waals surface area contributed by atoms with Gasteiger partial charge in [-0.05, 0) is 30.5 Å². The summed E-state index contributed by atoms with van der Waals surface area (Å²) in [6.07, 6.45) is -12.2. The van der Waals surface area contributed by atoms with Crippen molar-refractivity contribution in [1.29, 1.82) is 0 Å². The van der Waals surface area contributed by atoms with Crippen molar-refractivity contribution in [2.75, 3.05) is 5.32 Å². The van der Waals surface area contributed by atoms with Gasteiger partial charge in [0.1, 0.15) is 5.02 Å². The third kappa shape index (κ3) is 4.37. The van der Waals surface area contributed by atoms with Crippen LogP contribution in [-0.4, -0.2) is 28.3 Å². The Kier molecular flexibility index (Phi) is 6.81. The second-order valence-electron chi connectivity index (χ2n) is 6.74. The first-order chi connectivity index (χ1) is 14.6. The van der Waals surface area contributed by atoms with Gasteiger partial charge in [-0.1, -0.05) is 36.7 Å². The number of nitro benzene ring substituents is 1. The molecule has 0 radical (unpaired) electrons. The van der Waals surface area contributed by atoms with E-state index in [0.29, 0.717) is 12.1 Å². The molecule has 0 aliphatic rings. The number of benzene rings is 2. The molecule has 0 saturated heterocycles. The van der Waals surface area contributed by atoms with Crippen molar-refractivity contribution in [3.63, 3.8) is 0 Å². The zero-order chi connectivity index (χ0) is 24.6. The molecule has 32 heavy (non-hydrogen) atoms. The molecule has 0 aromatic heterocycles. The maximum Gasteiger partial charge on any atom is 0.430 e. The summed E-state index contributed by atoms with van der Waals surface area (Å²) in [4.78, 5) is 22.8. The van der Waals surface area contributed by atoms with Gasteiger partial charge in [-0.25, -0.2) is 0 Å². The summed E-state index contributed by atoms with van der Waals surface area (Å²) in [7, 11) is 0. The van der Waals surface area contributed by atoms with Gasteiger partial charge in [-0.15, -0.1) is 0 Å². The van der Waals surface area contributed by atoms with Gasteiger partial charge in [0.15, 0.2) is 0 Å². The van der Waals surface area contributed by atoms with Crippen LogP contribution < -0.4 is 5.32 Å². The number of nitrogens with one attached hydrogen (secondary N) is 1. The number of halogens is 7. The molecule has 0 saturated carbocycles. The fourth-order valence-corrected chi connectivity index (χ4v) is 3.31. The third-order valence-electron chi connectivity index (χ3n) is 4.69. The SMILES string of the molecule is CCc1cc(C(O)(C(F)(F)F)C(F)(F)F)cc(C)c1NC(=O)c1cccc([N+](=O)[O-])c1Cl. The summed E-state index contributed by atoms with van der Waals surface area (Å²) >= 11 is 5.88. The largest absolute Gasteiger partial charge is 0.430 e. The van der Waals surface area contributed by atoms with E-state index >= 15 is 0 Å². The van der Waals surface area contributed by atoms with Crippen LogP contribution in [0.25, 0.3) is 0 Å². The number of rotatable bonds is 5. The molecule has 0 spiro atoms. The number of amides is 1. The zero-order valence-electron chi connectivity index (χ0n) is 16.4. The molecular weight excluding hydrogens is 470 g/mol. The summed E-state index contributed by atoms with van der Waals surface area (Å²) in [6, 6.07) is 4.35. The molecule has 0 aliphatic carbocycles. The number of aliphatic hydroxyl groups is 1. The molecule has 1 amide bonds. The highest BCUT2D eigenvalue weighted by atomic mass is 35.5. The Morgan fingerprint density at radius 2 is 1.72 bits per heavy atom. The van der Waals surface area contributed by atoms with E-state index in [1.165, 1.54) is 13.0 Å². The van der Waals surface area contributed by atoms with Crippen LogP contribution in [-0.2, 0) is 12.0 Å². The molecule has 174 valence electrons. The molecule has 0 bridgehead atoms. The number of aryl methyl sites for hydroxylation is 2. The van der Waals surface area contributed by atoms with Gasteiger partial charge in [-0.2, -0.15) is 26.3 Å². The Hall–Kier alpha value is -2.86. The Bertz CT molecular complexity index is 1060. The van der Waals surface area contributed by atoms with Crippen molar-refractivity contribution in [1.82, 2.24) is 0 Å². The fourth-order valence-electron chi connectivity index (χ4n) is 3.03. The highest BCUT2D eigenvalue weighted by molar-refractivity contribution is 6.36. The van der Waals surface area contributed by atoms with Crippen LogP contribution in [0.4, 0.5) is 37.7 Å². The van der Waals surface area contributed by atoms with Gasteiger partial charge in [0.25, 0.3) is 17.2 Å². The van der Waals surface area contributed by atoms with Crippen molar-refractivity contribution >= 4 is 28.9 Å². The maximum absolute atomic E-state index is 13.2. The van der Waals surface area contributed by atoms with Crippen molar-refractivity contribution in [3.05, 3.63) is 67.7 Å². The van der Waals surface area contributed by atoms with Gasteiger partial charge < -0.3 is 10.4 Å². The Morgan fingerprint density at radius 3 is 2.19 bits per heavy atom. The highest BCUT2D eigenvalue weighted by Crippen LogP contribution is 2.50. The smallest absolute Gasteiger partial charge is 0.369 e. The van der Waals surface area contributed by atoms with Crippen molar-refractivity contribution in [3.8, 4) is 0 Å². The van der Waals surface area contributed by atoms with E-state index in [9.17, 15) is 46.4 Å². The molecular formula is C19H15ClF6N2O4. The minimum absolute atomic E-state index is 0.112. The van der Waals surface area contributed by atoms with E-state index in [2.05, 4.69) is 5.32 Å². The van der Waals surface area contributed by atoms with Gasteiger partial charge in [-0.3, -0.25) is 14.9 Å². The standard InChI is InChI=1S/C19H15ClF6N2O4/c1-3-10-8-11(17(30,18(21,22)23)19(24,25)26)7-9(2)15(10)27-16(29)12-5-4-6-13(14(12)20)28(31)32/h4-8,30H,3H2,1-2H3,(H,27,29). The van der Waals surface area contributed by atoms with Crippen LogP contribution in [0.2, 0.25) is 5.02 Å². The van der Waals surface area contributed by atoms with Crippen molar-refractivity contribution in [2.45, 2.75) is 38.2 Å². The van der Waals surface area contributed by atoms with E-state index < -0.39 is 45.1 Å². The normalized spacial score (nSPS) is 12.6. The molecule has 6 nitrogen and oxygen atoms in total. The second kappa shape index (κ2) is 8.58. The molecule has 0 fully saturated rings. The molecule has 2 N–H and O–H groups in total. The molecule has 2 aromatic carbocycles. The predicted octanol–water partition coefficient (Wildman–Crippen LogP) is 5.68. The van der Waals surface area contributed by atoms with Crippen LogP contribution in [0.3, 0.4) is 0 Å². The molecule has 2 aromatic rings. The molecule has 0 unspecified atom stereocenters. The maximum atomic E-state index is 13.2. The van der Waals surface area contributed by atoms with Crippen molar-refractivity contribution < 1.29 is 41.2 Å². The first-order valence-corrected chi connectivity index (χ1v) is 9.18. The summed E-state index contributed by atoms with van der Waals surface area (Å²) in [5.41, 5.74) is -7.94. The fraction of sp³-hybridized carbons (Fsp3) is 0.316. The van der Waals surface area contributed by atoms with E-state index in [4.69, 9.17) is 11.6 Å². The lowest BCUT2D eigenvalue weighted by Crippen LogP contribution is -2.54. The van der Waals surface area contributed by atoms with Crippen LogP contribution in [0.5, 0.6) is 0 Å².